The second kappa shape index (κ2) is 10.8. The predicted octanol–water partition coefficient (Wildman–Crippen LogP) is 3.44. The summed E-state index contributed by atoms with van der Waals surface area (Å²) in [5, 5.41) is 17.8. The van der Waals surface area contributed by atoms with Gasteiger partial charge in [0.05, 0.1) is 6.61 Å². The topological polar surface area (TPSA) is 83.8 Å². The van der Waals surface area contributed by atoms with E-state index < -0.39 is 24.3 Å². The fourth-order valence-corrected chi connectivity index (χ4v) is 2.19. The summed E-state index contributed by atoms with van der Waals surface area (Å²) in [6.07, 6.45) is 5.11. The molecule has 128 valence electrons. The van der Waals surface area contributed by atoms with Crippen molar-refractivity contribution in [3.05, 3.63) is 29.8 Å². The molecule has 0 aliphatic rings. The van der Waals surface area contributed by atoms with Gasteiger partial charge in [-0.15, -0.1) is 0 Å². The summed E-state index contributed by atoms with van der Waals surface area (Å²) in [6, 6.07) is 6.57. The number of hydrogen-bond donors (Lipinski definition) is 2. The third-order valence-corrected chi connectivity index (χ3v) is 3.61. The molecule has 0 fully saturated rings. The van der Waals surface area contributed by atoms with E-state index in [1.54, 1.807) is 24.3 Å². The van der Waals surface area contributed by atoms with Gasteiger partial charge in [0, 0.05) is 12.0 Å². The fourth-order valence-electron chi connectivity index (χ4n) is 2.19. The van der Waals surface area contributed by atoms with Gasteiger partial charge in [0.15, 0.2) is 11.9 Å². The van der Waals surface area contributed by atoms with Crippen LogP contribution in [0, 0.1) is 0 Å². The Kier molecular flexibility index (Phi) is 8.98. The van der Waals surface area contributed by atoms with E-state index in [0.717, 1.165) is 12.8 Å². The zero-order chi connectivity index (χ0) is 17.1. The SMILES string of the molecule is CCCCCCCCOc1ccc(C(=O)CC(O)C(=O)O)cc1. The van der Waals surface area contributed by atoms with Crippen molar-refractivity contribution in [3.8, 4) is 5.75 Å². The summed E-state index contributed by atoms with van der Waals surface area (Å²) in [7, 11) is 0. The highest BCUT2D eigenvalue weighted by atomic mass is 16.5. The van der Waals surface area contributed by atoms with Gasteiger partial charge in [0.25, 0.3) is 0 Å². The van der Waals surface area contributed by atoms with Crippen LogP contribution in [0.2, 0.25) is 0 Å². The molecule has 0 aliphatic heterocycles. The maximum absolute atomic E-state index is 11.8. The zero-order valence-corrected chi connectivity index (χ0v) is 13.7. The summed E-state index contributed by atoms with van der Waals surface area (Å²) in [5.74, 6) is -1.10. The van der Waals surface area contributed by atoms with Crippen molar-refractivity contribution in [2.45, 2.75) is 58.0 Å². The summed E-state index contributed by atoms with van der Waals surface area (Å²) in [4.78, 5) is 22.3. The average molecular weight is 322 g/mol. The molecule has 5 heteroatoms. The van der Waals surface area contributed by atoms with E-state index in [9.17, 15) is 14.7 Å². The van der Waals surface area contributed by atoms with Crippen LogP contribution in [-0.4, -0.2) is 34.7 Å². The quantitative estimate of drug-likeness (QED) is 0.455. The van der Waals surface area contributed by atoms with Crippen LogP contribution in [0.4, 0.5) is 0 Å². The lowest BCUT2D eigenvalue weighted by Gasteiger charge is -2.08. The van der Waals surface area contributed by atoms with Crippen LogP contribution in [0.3, 0.4) is 0 Å². The first kappa shape index (κ1) is 19.2. The summed E-state index contributed by atoms with van der Waals surface area (Å²) >= 11 is 0. The number of rotatable bonds is 12. The average Bonchev–Trinajstić information content (AvgIpc) is 2.54. The molecule has 5 nitrogen and oxygen atoms in total. The van der Waals surface area contributed by atoms with Gasteiger partial charge >= 0.3 is 5.97 Å². The Balaban J connectivity index is 2.30. The third kappa shape index (κ3) is 7.79. The van der Waals surface area contributed by atoms with Crippen molar-refractivity contribution in [2.75, 3.05) is 6.61 Å². The summed E-state index contributed by atoms with van der Waals surface area (Å²) < 4.78 is 5.61. The predicted molar refractivity (Wildman–Crippen MR) is 87.9 cm³/mol. The van der Waals surface area contributed by atoms with Gasteiger partial charge in [0.2, 0.25) is 0 Å². The number of aliphatic carboxylic acids is 1. The molecule has 23 heavy (non-hydrogen) atoms. The van der Waals surface area contributed by atoms with Gasteiger partial charge < -0.3 is 14.9 Å². The molecule has 1 aromatic carbocycles. The highest BCUT2D eigenvalue weighted by Crippen LogP contribution is 2.15. The van der Waals surface area contributed by atoms with Crippen LogP contribution in [0.5, 0.6) is 5.75 Å². The maximum atomic E-state index is 11.8. The Bertz CT molecular complexity index is 481. The number of ether oxygens (including phenoxy) is 1. The summed E-state index contributed by atoms with van der Waals surface area (Å²) in [5.41, 5.74) is 0.372. The number of benzene rings is 1. The van der Waals surface area contributed by atoms with Gasteiger partial charge in [-0.05, 0) is 30.7 Å². The Labute approximate surface area is 137 Å². The van der Waals surface area contributed by atoms with Gasteiger partial charge in [-0.1, -0.05) is 39.0 Å². The number of ketones is 1. The smallest absolute Gasteiger partial charge is 0.332 e. The van der Waals surface area contributed by atoms with E-state index in [0.29, 0.717) is 17.9 Å². The molecule has 0 radical (unpaired) electrons. The lowest BCUT2D eigenvalue weighted by atomic mass is 10.1. The molecule has 0 aromatic heterocycles. The number of hydrogen-bond acceptors (Lipinski definition) is 4. The molecule has 1 rings (SSSR count). The van der Waals surface area contributed by atoms with Crippen molar-refractivity contribution >= 4 is 11.8 Å². The molecule has 1 aromatic rings. The number of unbranched alkanes of at least 4 members (excludes halogenated alkanes) is 5. The standard InChI is InChI=1S/C18H26O5/c1-2-3-4-5-6-7-12-23-15-10-8-14(9-11-15)16(19)13-17(20)18(21)22/h8-11,17,20H,2-7,12-13H2,1H3,(H,21,22). The van der Waals surface area contributed by atoms with Crippen molar-refractivity contribution in [1.29, 1.82) is 0 Å². The number of Topliss-reactive ketones (excluding diaryl/α,β-unsaturated/α-hetero) is 1. The van der Waals surface area contributed by atoms with Crippen molar-refractivity contribution in [1.82, 2.24) is 0 Å². The Morgan fingerprint density at radius 3 is 2.26 bits per heavy atom. The van der Waals surface area contributed by atoms with Crippen molar-refractivity contribution in [2.24, 2.45) is 0 Å². The van der Waals surface area contributed by atoms with Gasteiger partial charge in [-0.25, -0.2) is 4.79 Å². The normalized spacial score (nSPS) is 11.9. The van der Waals surface area contributed by atoms with Crippen LogP contribution in [0.25, 0.3) is 0 Å². The molecule has 0 heterocycles. The zero-order valence-electron chi connectivity index (χ0n) is 13.7. The molecule has 0 saturated carbocycles. The Morgan fingerprint density at radius 1 is 1.04 bits per heavy atom. The van der Waals surface area contributed by atoms with Crippen LogP contribution < -0.4 is 4.74 Å². The highest BCUT2D eigenvalue weighted by Gasteiger charge is 2.18. The van der Waals surface area contributed by atoms with Crippen molar-refractivity contribution in [3.63, 3.8) is 0 Å². The number of carboxylic acids is 1. The minimum atomic E-state index is -1.66. The fraction of sp³-hybridized carbons (Fsp3) is 0.556. The Morgan fingerprint density at radius 2 is 1.65 bits per heavy atom. The highest BCUT2D eigenvalue weighted by molar-refractivity contribution is 5.98. The number of carbonyl (C=O) groups is 2. The molecule has 0 spiro atoms. The lowest BCUT2D eigenvalue weighted by molar-refractivity contribution is -0.146. The van der Waals surface area contributed by atoms with Crippen LogP contribution >= 0.6 is 0 Å². The second-order valence-electron chi connectivity index (χ2n) is 5.62. The minimum absolute atomic E-state index is 0.372. The largest absolute Gasteiger partial charge is 0.494 e. The monoisotopic (exact) mass is 322 g/mol. The van der Waals surface area contributed by atoms with E-state index in [-0.39, 0.29) is 0 Å². The number of aliphatic hydroxyl groups excluding tert-OH is 1. The van der Waals surface area contributed by atoms with Crippen molar-refractivity contribution < 1.29 is 24.5 Å². The number of aliphatic hydroxyl groups is 1. The first-order chi connectivity index (χ1) is 11.0. The van der Waals surface area contributed by atoms with E-state index >= 15 is 0 Å². The second-order valence-corrected chi connectivity index (χ2v) is 5.62. The van der Waals surface area contributed by atoms with Gasteiger partial charge in [-0.3, -0.25) is 4.79 Å². The van der Waals surface area contributed by atoms with E-state index in [2.05, 4.69) is 6.92 Å². The molecule has 2 N–H and O–H groups in total. The van der Waals surface area contributed by atoms with Crippen LogP contribution in [0.1, 0.15) is 62.2 Å². The molecule has 0 aliphatic carbocycles. The molecule has 1 unspecified atom stereocenters. The molecular formula is C18H26O5. The summed E-state index contributed by atoms with van der Waals surface area (Å²) in [6.45, 7) is 2.84. The molecule has 0 bridgehead atoms. The van der Waals surface area contributed by atoms with E-state index in [4.69, 9.17) is 9.84 Å². The maximum Gasteiger partial charge on any atom is 0.332 e. The van der Waals surface area contributed by atoms with E-state index in [1.807, 2.05) is 0 Å². The lowest BCUT2D eigenvalue weighted by Crippen LogP contribution is -2.23. The number of carbonyl (C=O) groups excluding carboxylic acids is 1. The minimum Gasteiger partial charge on any atom is -0.494 e. The Hall–Kier alpha value is -1.88. The van der Waals surface area contributed by atoms with E-state index in [1.165, 1.54) is 25.7 Å². The molecule has 1 atom stereocenters. The van der Waals surface area contributed by atoms with Crippen LogP contribution in [0.15, 0.2) is 24.3 Å². The van der Waals surface area contributed by atoms with Crippen LogP contribution in [-0.2, 0) is 4.79 Å². The van der Waals surface area contributed by atoms with Gasteiger partial charge in [0.1, 0.15) is 5.75 Å². The number of carboxylic acid groups (broad SMARTS) is 1. The third-order valence-electron chi connectivity index (χ3n) is 3.61. The molecule has 0 saturated heterocycles. The first-order valence-electron chi connectivity index (χ1n) is 8.21. The molecular weight excluding hydrogens is 296 g/mol. The first-order valence-corrected chi connectivity index (χ1v) is 8.21. The van der Waals surface area contributed by atoms with Gasteiger partial charge in [-0.2, -0.15) is 0 Å². The molecule has 0 amide bonds.